The molecule has 0 aromatic carbocycles. The minimum absolute atomic E-state index is 0.0998. The van der Waals surface area contributed by atoms with Crippen LogP contribution in [0.5, 0.6) is 5.75 Å². The number of rotatable bonds is 6. The number of ketones is 1. The molecule has 0 unspecified atom stereocenters. The molecule has 16 heavy (non-hydrogen) atoms. The molecule has 0 radical (unpaired) electrons. The number of pyridine rings is 1. The first-order valence-corrected chi connectivity index (χ1v) is 5.78. The zero-order chi connectivity index (χ0) is 12.0. The number of aromatic nitrogens is 1. The zero-order valence-electron chi connectivity index (χ0n) is 10.2. The molecule has 1 rings (SSSR count). The normalized spacial score (nSPS) is 10.5. The van der Waals surface area contributed by atoms with Crippen molar-refractivity contribution in [1.82, 2.24) is 4.98 Å². The molecule has 0 fully saturated rings. The fraction of sp³-hybridized carbons (Fsp3) is 0.538. The van der Waals surface area contributed by atoms with Gasteiger partial charge in [0.1, 0.15) is 5.75 Å². The average Bonchev–Trinajstić information content (AvgIpc) is 2.25. The average molecular weight is 221 g/mol. The van der Waals surface area contributed by atoms with Crippen LogP contribution in [0.25, 0.3) is 0 Å². The number of carbonyl (C=O) groups excluding carboxylic acids is 1. The lowest BCUT2D eigenvalue weighted by molar-refractivity contribution is 0.0978. The van der Waals surface area contributed by atoms with Crippen LogP contribution >= 0.6 is 0 Å². The van der Waals surface area contributed by atoms with Crippen molar-refractivity contribution in [2.24, 2.45) is 0 Å². The maximum Gasteiger partial charge on any atom is 0.164 e. The molecular formula is C13H19NO2. The molecule has 3 nitrogen and oxygen atoms in total. The van der Waals surface area contributed by atoms with Gasteiger partial charge in [0.2, 0.25) is 0 Å². The fourth-order valence-electron chi connectivity index (χ4n) is 1.39. The van der Waals surface area contributed by atoms with Gasteiger partial charge in [-0.2, -0.15) is 0 Å². The number of ether oxygens (including phenoxy) is 1. The predicted molar refractivity (Wildman–Crippen MR) is 63.9 cm³/mol. The molecule has 0 spiro atoms. The first kappa shape index (κ1) is 12.7. The molecule has 0 saturated heterocycles. The molecular weight excluding hydrogens is 202 g/mol. The maximum absolute atomic E-state index is 11.7. The van der Waals surface area contributed by atoms with Gasteiger partial charge >= 0.3 is 0 Å². The van der Waals surface area contributed by atoms with Crippen LogP contribution in [0.15, 0.2) is 18.5 Å². The Bertz CT molecular complexity index is 348. The van der Waals surface area contributed by atoms with Gasteiger partial charge in [0, 0.05) is 18.2 Å². The van der Waals surface area contributed by atoms with E-state index in [1.807, 2.05) is 13.8 Å². The van der Waals surface area contributed by atoms with E-state index in [9.17, 15) is 4.79 Å². The minimum atomic E-state index is 0.0998. The molecule has 0 atom stereocenters. The largest absolute Gasteiger partial charge is 0.489 e. The summed E-state index contributed by atoms with van der Waals surface area (Å²) in [4.78, 5) is 15.8. The molecule has 0 saturated carbocycles. The first-order valence-electron chi connectivity index (χ1n) is 5.78. The van der Waals surface area contributed by atoms with Crippen molar-refractivity contribution in [1.29, 1.82) is 0 Å². The SMILES string of the molecule is CCCCC(=O)c1cncc(OC(C)C)c1. The fourth-order valence-corrected chi connectivity index (χ4v) is 1.39. The van der Waals surface area contributed by atoms with Crippen molar-refractivity contribution in [2.45, 2.75) is 46.1 Å². The van der Waals surface area contributed by atoms with E-state index in [4.69, 9.17) is 4.74 Å². The summed E-state index contributed by atoms with van der Waals surface area (Å²) in [6.45, 7) is 5.97. The van der Waals surface area contributed by atoms with Crippen molar-refractivity contribution in [3.05, 3.63) is 24.0 Å². The molecule has 0 aliphatic carbocycles. The Labute approximate surface area is 96.8 Å². The Hall–Kier alpha value is -1.38. The quantitative estimate of drug-likeness (QED) is 0.692. The number of hydrogen-bond acceptors (Lipinski definition) is 3. The Balaban J connectivity index is 2.69. The van der Waals surface area contributed by atoms with E-state index in [1.165, 1.54) is 0 Å². The van der Waals surface area contributed by atoms with E-state index < -0.39 is 0 Å². The van der Waals surface area contributed by atoms with Gasteiger partial charge in [0.25, 0.3) is 0 Å². The van der Waals surface area contributed by atoms with Crippen LogP contribution in [0, 0.1) is 0 Å². The maximum atomic E-state index is 11.7. The van der Waals surface area contributed by atoms with Crippen molar-refractivity contribution in [2.75, 3.05) is 0 Å². The van der Waals surface area contributed by atoms with Crippen molar-refractivity contribution >= 4 is 5.78 Å². The Morgan fingerprint density at radius 2 is 2.19 bits per heavy atom. The van der Waals surface area contributed by atoms with Crippen molar-refractivity contribution in [3.63, 3.8) is 0 Å². The van der Waals surface area contributed by atoms with Crippen LogP contribution < -0.4 is 4.74 Å². The van der Waals surface area contributed by atoms with Crippen LogP contribution in [0.4, 0.5) is 0 Å². The van der Waals surface area contributed by atoms with Gasteiger partial charge in [0.15, 0.2) is 5.78 Å². The monoisotopic (exact) mass is 221 g/mol. The van der Waals surface area contributed by atoms with Gasteiger partial charge in [-0.3, -0.25) is 9.78 Å². The zero-order valence-corrected chi connectivity index (χ0v) is 10.2. The smallest absolute Gasteiger partial charge is 0.164 e. The van der Waals surface area contributed by atoms with Gasteiger partial charge < -0.3 is 4.74 Å². The second-order valence-corrected chi connectivity index (χ2v) is 4.10. The molecule has 1 aromatic rings. The summed E-state index contributed by atoms with van der Waals surface area (Å²) >= 11 is 0. The number of Topliss-reactive ketones (excluding diaryl/α,β-unsaturated/α-hetero) is 1. The highest BCUT2D eigenvalue weighted by Gasteiger charge is 2.07. The number of unbranched alkanes of at least 4 members (excludes halogenated alkanes) is 1. The minimum Gasteiger partial charge on any atom is -0.489 e. The third-order valence-electron chi connectivity index (χ3n) is 2.16. The Morgan fingerprint density at radius 1 is 1.44 bits per heavy atom. The summed E-state index contributed by atoms with van der Waals surface area (Å²) in [5, 5.41) is 0. The lowest BCUT2D eigenvalue weighted by Crippen LogP contribution is -2.07. The Kier molecular flexibility index (Phi) is 4.96. The van der Waals surface area contributed by atoms with E-state index >= 15 is 0 Å². The molecule has 0 amide bonds. The highest BCUT2D eigenvalue weighted by Crippen LogP contribution is 2.15. The highest BCUT2D eigenvalue weighted by molar-refractivity contribution is 5.96. The van der Waals surface area contributed by atoms with E-state index in [1.54, 1.807) is 18.5 Å². The van der Waals surface area contributed by atoms with E-state index in [0.717, 1.165) is 12.8 Å². The predicted octanol–water partition coefficient (Wildman–Crippen LogP) is 3.24. The van der Waals surface area contributed by atoms with Crippen LogP contribution in [-0.4, -0.2) is 16.9 Å². The molecule has 1 aromatic heterocycles. The summed E-state index contributed by atoms with van der Waals surface area (Å²) < 4.78 is 5.49. The van der Waals surface area contributed by atoms with Crippen molar-refractivity contribution < 1.29 is 9.53 Å². The first-order chi connectivity index (χ1) is 7.63. The molecule has 0 N–H and O–H groups in total. The second kappa shape index (κ2) is 6.26. The topological polar surface area (TPSA) is 39.2 Å². The number of nitrogens with zero attached hydrogens (tertiary/aromatic N) is 1. The molecule has 0 bridgehead atoms. The number of hydrogen-bond donors (Lipinski definition) is 0. The second-order valence-electron chi connectivity index (χ2n) is 4.10. The van der Waals surface area contributed by atoms with Gasteiger partial charge in [-0.1, -0.05) is 13.3 Å². The van der Waals surface area contributed by atoms with Crippen LogP contribution in [-0.2, 0) is 0 Å². The molecule has 1 heterocycles. The molecule has 3 heteroatoms. The number of carbonyl (C=O) groups is 1. The van der Waals surface area contributed by atoms with Crippen molar-refractivity contribution in [3.8, 4) is 5.75 Å². The summed E-state index contributed by atoms with van der Waals surface area (Å²) in [6, 6.07) is 1.77. The van der Waals surface area contributed by atoms with E-state index in [2.05, 4.69) is 11.9 Å². The molecule has 0 aliphatic rings. The molecule has 0 aliphatic heterocycles. The third kappa shape index (κ3) is 4.01. The van der Waals surface area contributed by atoms with E-state index in [0.29, 0.717) is 17.7 Å². The standard InChI is InChI=1S/C13H19NO2/c1-4-5-6-13(15)11-7-12(9-14-8-11)16-10(2)3/h7-10H,4-6H2,1-3H3. The van der Waals surface area contributed by atoms with Gasteiger partial charge in [-0.15, -0.1) is 0 Å². The highest BCUT2D eigenvalue weighted by atomic mass is 16.5. The lowest BCUT2D eigenvalue weighted by atomic mass is 10.1. The summed E-state index contributed by atoms with van der Waals surface area (Å²) in [5.41, 5.74) is 0.645. The van der Waals surface area contributed by atoms with E-state index in [-0.39, 0.29) is 11.9 Å². The summed E-state index contributed by atoms with van der Waals surface area (Å²) in [7, 11) is 0. The van der Waals surface area contributed by atoms with Gasteiger partial charge in [-0.25, -0.2) is 0 Å². The summed E-state index contributed by atoms with van der Waals surface area (Å²) in [5.74, 6) is 0.806. The third-order valence-corrected chi connectivity index (χ3v) is 2.16. The summed E-state index contributed by atoms with van der Waals surface area (Å²) in [6.07, 6.45) is 5.88. The van der Waals surface area contributed by atoms with Crippen LogP contribution in [0.3, 0.4) is 0 Å². The molecule has 88 valence electrons. The van der Waals surface area contributed by atoms with Gasteiger partial charge in [0.05, 0.1) is 12.3 Å². The van der Waals surface area contributed by atoms with Crippen LogP contribution in [0.2, 0.25) is 0 Å². The van der Waals surface area contributed by atoms with Crippen LogP contribution in [0.1, 0.15) is 50.4 Å². The lowest BCUT2D eigenvalue weighted by Gasteiger charge is -2.09. The van der Waals surface area contributed by atoms with Gasteiger partial charge in [-0.05, 0) is 26.3 Å². The Morgan fingerprint density at radius 3 is 2.81 bits per heavy atom.